The van der Waals surface area contributed by atoms with Crippen LogP contribution in [0.2, 0.25) is 0 Å². The van der Waals surface area contributed by atoms with Crippen molar-refractivity contribution >= 4 is 17.6 Å². The predicted octanol–water partition coefficient (Wildman–Crippen LogP) is 4.62. The molecule has 1 fully saturated rings. The lowest BCUT2D eigenvalue weighted by atomic mass is 10.2. The number of nitrogens with zero attached hydrogens (tertiary/aromatic N) is 5. The van der Waals surface area contributed by atoms with Crippen molar-refractivity contribution in [3.8, 4) is 0 Å². The minimum Gasteiger partial charge on any atom is -0.345 e. The van der Waals surface area contributed by atoms with Gasteiger partial charge in [0.15, 0.2) is 5.82 Å². The van der Waals surface area contributed by atoms with Gasteiger partial charge in [0, 0.05) is 18.2 Å². The van der Waals surface area contributed by atoms with Gasteiger partial charge >= 0.3 is 0 Å². The van der Waals surface area contributed by atoms with Crippen LogP contribution in [0.3, 0.4) is 0 Å². The molecule has 3 aromatic rings. The molecule has 0 N–H and O–H groups in total. The molecule has 1 unspecified atom stereocenters. The maximum atomic E-state index is 5.41. The summed E-state index contributed by atoms with van der Waals surface area (Å²) in [4.78, 5) is 16.1. The highest BCUT2D eigenvalue weighted by Gasteiger charge is 2.31. The van der Waals surface area contributed by atoms with E-state index in [1.807, 2.05) is 18.5 Å². The Kier molecular flexibility index (Phi) is 5.38. The lowest BCUT2D eigenvalue weighted by Gasteiger charge is -2.23. The first-order chi connectivity index (χ1) is 13.2. The van der Waals surface area contributed by atoms with Crippen molar-refractivity contribution in [2.75, 3.05) is 11.4 Å². The molecule has 1 aromatic carbocycles. The molecule has 140 valence electrons. The number of anilines is 1. The van der Waals surface area contributed by atoms with Crippen molar-refractivity contribution in [2.24, 2.45) is 0 Å². The quantitative estimate of drug-likeness (QED) is 0.577. The highest BCUT2D eigenvalue weighted by Crippen LogP contribution is 2.35. The van der Waals surface area contributed by atoms with Crippen LogP contribution < -0.4 is 4.90 Å². The topological polar surface area (TPSA) is 67.9 Å². The third kappa shape index (κ3) is 4.13. The third-order valence-corrected chi connectivity index (χ3v) is 5.60. The summed E-state index contributed by atoms with van der Waals surface area (Å²) in [5.74, 6) is 3.44. The molecule has 1 saturated heterocycles. The van der Waals surface area contributed by atoms with Gasteiger partial charge in [-0.2, -0.15) is 4.98 Å². The van der Waals surface area contributed by atoms with Crippen LogP contribution in [0.15, 0.2) is 52.3 Å². The minimum atomic E-state index is 0.102. The van der Waals surface area contributed by atoms with Crippen LogP contribution in [0.1, 0.15) is 55.9 Å². The van der Waals surface area contributed by atoms with E-state index in [0.29, 0.717) is 5.89 Å². The number of benzene rings is 1. The molecule has 7 heteroatoms. The van der Waals surface area contributed by atoms with Gasteiger partial charge in [0.1, 0.15) is 10.8 Å². The first kappa shape index (κ1) is 18.0. The fourth-order valence-corrected chi connectivity index (χ4v) is 4.00. The summed E-state index contributed by atoms with van der Waals surface area (Å²) in [5, 5.41) is 5.14. The molecule has 1 aliphatic rings. The monoisotopic (exact) mass is 381 g/mol. The van der Waals surface area contributed by atoms with Gasteiger partial charge in [-0.15, -0.1) is 11.8 Å². The van der Waals surface area contributed by atoms with Gasteiger partial charge in [0.25, 0.3) is 0 Å². The van der Waals surface area contributed by atoms with Crippen molar-refractivity contribution in [1.29, 1.82) is 0 Å². The maximum Gasteiger partial charge on any atom is 0.229 e. The van der Waals surface area contributed by atoms with Crippen LogP contribution in [-0.4, -0.2) is 26.7 Å². The largest absolute Gasteiger partial charge is 0.345 e. The summed E-state index contributed by atoms with van der Waals surface area (Å²) in [6, 6.07) is 10.5. The molecule has 27 heavy (non-hydrogen) atoms. The van der Waals surface area contributed by atoms with Gasteiger partial charge in [-0.05, 0) is 18.4 Å². The first-order valence-corrected chi connectivity index (χ1v) is 10.3. The second-order valence-electron chi connectivity index (χ2n) is 6.99. The molecule has 1 atom stereocenters. The Bertz CT molecular complexity index is 883. The Hall–Kier alpha value is -2.41. The summed E-state index contributed by atoms with van der Waals surface area (Å²) in [7, 11) is 0. The molecule has 3 heterocycles. The van der Waals surface area contributed by atoms with E-state index < -0.39 is 0 Å². The van der Waals surface area contributed by atoms with Gasteiger partial charge < -0.3 is 9.42 Å². The normalized spacial score (nSPS) is 17.0. The maximum absolute atomic E-state index is 5.41. The van der Waals surface area contributed by atoms with E-state index in [-0.39, 0.29) is 12.0 Å². The Morgan fingerprint density at radius 2 is 2.04 bits per heavy atom. The standard InChI is InChI=1S/C20H23N5OS/c1-14(2)20-23-19(24-26-20)16-9-6-10-25(16)17-11-21-12-18(22-17)27-13-15-7-4-3-5-8-15/h3-5,7-8,11-12,14,16H,6,9-10,13H2,1-2H3. The lowest BCUT2D eigenvalue weighted by molar-refractivity contribution is 0.358. The SMILES string of the molecule is CC(C)c1nc(C2CCCN2c2cncc(SCc3ccccc3)n2)no1. The highest BCUT2D eigenvalue weighted by atomic mass is 32.2. The Morgan fingerprint density at radius 3 is 2.81 bits per heavy atom. The third-order valence-electron chi connectivity index (χ3n) is 4.63. The summed E-state index contributed by atoms with van der Waals surface area (Å²) in [6.45, 7) is 5.04. The van der Waals surface area contributed by atoms with Gasteiger partial charge in [-0.1, -0.05) is 49.3 Å². The molecule has 6 nitrogen and oxygen atoms in total. The first-order valence-electron chi connectivity index (χ1n) is 9.29. The molecule has 0 bridgehead atoms. The minimum absolute atomic E-state index is 0.102. The molecular formula is C20H23N5OS. The molecule has 0 amide bonds. The predicted molar refractivity (Wildman–Crippen MR) is 106 cm³/mol. The van der Waals surface area contributed by atoms with E-state index in [4.69, 9.17) is 9.51 Å². The van der Waals surface area contributed by atoms with E-state index in [2.05, 4.69) is 58.1 Å². The molecular weight excluding hydrogens is 358 g/mol. The van der Waals surface area contributed by atoms with Crippen LogP contribution >= 0.6 is 11.8 Å². The molecule has 0 aliphatic carbocycles. The zero-order valence-corrected chi connectivity index (χ0v) is 16.4. The Morgan fingerprint density at radius 1 is 1.19 bits per heavy atom. The van der Waals surface area contributed by atoms with Crippen LogP contribution in [-0.2, 0) is 5.75 Å². The van der Waals surface area contributed by atoms with E-state index in [1.165, 1.54) is 5.56 Å². The van der Waals surface area contributed by atoms with Crippen LogP contribution in [0.25, 0.3) is 0 Å². The van der Waals surface area contributed by atoms with Crippen LogP contribution in [0.5, 0.6) is 0 Å². The lowest BCUT2D eigenvalue weighted by Crippen LogP contribution is -2.24. The molecule has 1 aliphatic heterocycles. The van der Waals surface area contributed by atoms with Crippen molar-refractivity contribution in [3.63, 3.8) is 0 Å². The van der Waals surface area contributed by atoms with Crippen LogP contribution in [0.4, 0.5) is 5.82 Å². The molecule has 2 aromatic heterocycles. The smallest absolute Gasteiger partial charge is 0.229 e. The number of hydrogen-bond donors (Lipinski definition) is 0. The van der Waals surface area contributed by atoms with E-state index in [0.717, 1.165) is 41.8 Å². The average molecular weight is 382 g/mol. The molecule has 4 rings (SSSR count). The highest BCUT2D eigenvalue weighted by molar-refractivity contribution is 7.98. The zero-order valence-electron chi connectivity index (χ0n) is 15.6. The van der Waals surface area contributed by atoms with E-state index >= 15 is 0 Å². The van der Waals surface area contributed by atoms with Crippen molar-refractivity contribution in [3.05, 3.63) is 60.0 Å². The van der Waals surface area contributed by atoms with E-state index in [9.17, 15) is 0 Å². The zero-order chi connectivity index (χ0) is 18.6. The molecule has 0 spiro atoms. The van der Waals surface area contributed by atoms with E-state index in [1.54, 1.807) is 11.8 Å². The molecule has 0 saturated carbocycles. The average Bonchev–Trinajstić information content (AvgIpc) is 3.36. The van der Waals surface area contributed by atoms with Crippen molar-refractivity contribution in [2.45, 2.75) is 49.4 Å². The Labute approximate surface area is 163 Å². The van der Waals surface area contributed by atoms with Gasteiger partial charge in [0.2, 0.25) is 5.89 Å². The number of thioether (sulfide) groups is 1. The van der Waals surface area contributed by atoms with Gasteiger partial charge in [0.05, 0.1) is 18.4 Å². The number of hydrogen-bond acceptors (Lipinski definition) is 7. The van der Waals surface area contributed by atoms with Gasteiger partial charge in [-0.25, -0.2) is 4.98 Å². The second kappa shape index (κ2) is 8.08. The van der Waals surface area contributed by atoms with Crippen molar-refractivity contribution < 1.29 is 4.52 Å². The van der Waals surface area contributed by atoms with Gasteiger partial charge in [-0.3, -0.25) is 4.98 Å². The summed E-state index contributed by atoms with van der Waals surface area (Å²) >= 11 is 1.70. The number of rotatable bonds is 6. The second-order valence-corrected chi connectivity index (χ2v) is 7.98. The van der Waals surface area contributed by atoms with Crippen LogP contribution in [0, 0.1) is 0 Å². The fourth-order valence-electron chi connectivity index (χ4n) is 3.20. The Balaban J connectivity index is 1.50. The number of aromatic nitrogens is 4. The summed E-state index contributed by atoms with van der Waals surface area (Å²) in [6.07, 6.45) is 5.74. The fraction of sp³-hybridized carbons (Fsp3) is 0.400. The van der Waals surface area contributed by atoms with Crippen molar-refractivity contribution in [1.82, 2.24) is 20.1 Å². The molecule has 0 radical (unpaired) electrons. The summed E-state index contributed by atoms with van der Waals surface area (Å²) in [5.41, 5.74) is 1.28. The summed E-state index contributed by atoms with van der Waals surface area (Å²) < 4.78 is 5.41.